The van der Waals surface area contributed by atoms with Crippen LogP contribution in [-0.4, -0.2) is 5.83 Å². The van der Waals surface area contributed by atoms with Crippen LogP contribution in [0.5, 0.6) is 0 Å². The quantitative estimate of drug-likeness (QED) is 0.169. The van der Waals surface area contributed by atoms with E-state index >= 15 is 0 Å². The second-order valence-corrected chi connectivity index (χ2v) is 3.94. The Labute approximate surface area is 145 Å². The lowest BCUT2D eigenvalue weighted by atomic mass is 10.3. The van der Waals surface area contributed by atoms with E-state index in [1.807, 2.05) is 32.7 Å². The largest absolute Gasteiger partial charge is 0.434 e. The molecular weight excluding hydrogens is 332 g/mol. The molecule has 0 heterocycles. The molecule has 0 aliphatic rings. The standard InChI is InChI=1S/C5H10OS.C4H10.C3H8.C2H6.C2H4.CH3Br/c1-3-4-5(2)6-7;1-4(2)3;1-3-2;3*1-2/h4,7H,3H2,1-2H3;4H,1-3H3;3H2,1-2H3;1-2H3;1-2H2;1H3/b5-4+;;;;;. The van der Waals surface area contributed by atoms with Crippen LogP contribution in [-0.2, 0) is 4.18 Å². The Bertz CT molecular complexity index is 123. The number of allylic oxidation sites excluding steroid dienone is 2. The van der Waals surface area contributed by atoms with Gasteiger partial charge in [0.2, 0.25) is 0 Å². The average molecular weight is 373 g/mol. The predicted octanol–water partition coefficient (Wildman–Crippen LogP) is 8.08. The van der Waals surface area contributed by atoms with E-state index in [1.165, 1.54) is 6.42 Å². The topological polar surface area (TPSA) is 9.23 Å². The summed E-state index contributed by atoms with van der Waals surface area (Å²) in [6.45, 7) is 24.7. The molecule has 0 amide bonds. The lowest BCUT2D eigenvalue weighted by Gasteiger charge is -1.91. The molecule has 20 heavy (non-hydrogen) atoms. The Morgan fingerprint density at radius 2 is 1.30 bits per heavy atom. The highest BCUT2D eigenvalue weighted by Crippen LogP contribution is 1.97. The molecule has 0 N–H and O–H groups in total. The maximum absolute atomic E-state index is 4.55. The maximum Gasteiger partial charge on any atom is 0.107 e. The van der Waals surface area contributed by atoms with Crippen LogP contribution in [0.3, 0.4) is 0 Å². The molecule has 0 saturated heterocycles. The van der Waals surface area contributed by atoms with Gasteiger partial charge in [-0.3, -0.25) is 0 Å². The minimum absolute atomic E-state index is 0.833. The Balaban J connectivity index is -0.0000000327. The maximum atomic E-state index is 4.55. The normalized spacial score (nSPS) is 7.55. The lowest BCUT2D eigenvalue weighted by molar-refractivity contribution is 0.508. The van der Waals surface area contributed by atoms with Crippen LogP contribution in [0.25, 0.3) is 0 Å². The molecule has 0 aliphatic carbocycles. The molecule has 128 valence electrons. The van der Waals surface area contributed by atoms with Crippen molar-refractivity contribution in [2.75, 3.05) is 5.83 Å². The number of halogens is 1. The molecule has 0 fully saturated rings. The summed E-state index contributed by atoms with van der Waals surface area (Å²) in [5.41, 5.74) is 0. The third-order valence-electron chi connectivity index (χ3n) is 0.636. The number of alkyl halides is 1. The molecular formula is C17H41BrOS. The number of rotatable bonds is 2. The molecule has 0 rings (SSSR count). The van der Waals surface area contributed by atoms with E-state index in [9.17, 15) is 0 Å². The molecule has 0 atom stereocenters. The van der Waals surface area contributed by atoms with Gasteiger partial charge in [0.05, 0.1) is 0 Å². The summed E-state index contributed by atoms with van der Waals surface area (Å²) in [4.78, 5) is 0. The predicted molar refractivity (Wildman–Crippen MR) is 108 cm³/mol. The van der Waals surface area contributed by atoms with Crippen molar-refractivity contribution in [3.05, 3.63) is 25.0 Å². The fourth-order valence-electron chi connectivity index (χ4n) is 0.325. The summed E-state index contributed by atoms with van der Waals surface area (Å²) in [5.74, 6) is 3.51. The van der Waals surface area contributed by atoms with Gasteiger partial charge in [-0.2, -0.15) is 0 Å². The second kappa shape index (κ2) is 61.3. The van der Waals surface area contributed by atoms with Gasteiger partial charge in [-0.25, -0.2) is 0 Å². The van der Waals surface area contributed by atoms with Gasteiger partial charge in [0.25, 0.3) is 0 Å². The number of hydrogen-bond acceptors (Lipinski definition) is 2. The van der Waals surface area contributed by atoms with Gasteiger partial charge >= 0.3 is 0 Å². The Morgan fingerprint density at radius 3 is 1.35 bits per heavy atom. The third-order valence-corrected chi connectivity index (χ3v) is 0.924. The highest BCUT2D eigenvalue weighted by atomic mass is 79.9. The van der Waals surface area contributed by atoms with Crippen molar-refractivity contribution in [3.8, 4) is 0 Å². The fraction of sp³-hybridized carbons (Fsp3) is 0.765. The van der Waals surface area contributed by atoms with Crippen molar-refractivity contribution in [2.45, 2.75) is 75.2 Å². The first-order chi connectivity index (χ1) is 9.45. The smallest absolute Gasteiger partial charge is 0.107 e. The summed E-state index contributed by atoms with van der Waals surface area (Å²) >= 11 is 6.52. The second-order valence-electron chi connectivity index (χ2n) is 3.75. The molecule has 1 nitrogen and oxygen atoms in total. The average Bonchev–Trinajstić information content (AvgIpc) is 2.46. The summed E-state index contributed by atoms with van der Waals surface area (Å²) in [6, 6.07) is 0. The highest BCUT2D eigenvalue weighted by molar-refractivity contribution is 9.08. The third kappa shape index (κ3) is 203. The molecule has 0 aromatic carbocycles. The highest BCUT2D eigenvalue weighted by Gasteiger charge is 1.78. The Morgan fingerprint density at radius 1 is 1.10 bits per heavy atom. The fourth-order valence-corrected chi connectivity index (χ4v) is 0.399. The van der Waals surface area contributed by atoms with Gasteiger partial charge in [-0.1, -0.05) is 77.7 Å². The molecule has 3 heteroatoms. The minimum Gasteiger partial charge on any atom is -0.434 e. The molecule has 0 spiro atoms. The van der Waals surface area contributed by atoms with E-state index in [1.54, 1.807) is 0 Å². The zero-order chi connectivity index (χ0) is 18.0. The van der Waals surface area contributed by atoms with Crippen LogP contribution in [0.1, 0.15) is 75.2 Å². The van der Waals surface area contributed by atoms with Crippen molar-refractivity contribution < 1.29 is 4.18 Å². The van der Waals surface area contributed by atoms with E-state index in [2.05, 4.69) is 87.7 Å². The van der Waals surface area contributed by atoms with E-state index in [4.69, 9.17) is 0 Å². The lowest BCUT2D eigenvalue weighted by Crippen LogP contribution is -1.69. The number of thiol groups is 1. The summed E-state index contributed by atoms with van der Waals surface area (Å²) < 4.78 is 4.55. The van der Waals surface area contributed by atoms with Crippen molar-refractivity contribution in [1.29, 1.82) is 0 Å². The SMILES string of the molecule is C=C.CBr.CC.CC(C)C.CC/C=C(\C)OS.CCC. The summed E-state index contributed by atoms with van der Waals surface area (Å²) in [5, 5.41) is 0. The van der Waals surface area contributed by atoms with Crippen molar-refractivity contribution in [2.24, 2.45) is 5.92 Å². The van der Waals surface area contributed by atoms with Crippen LogP contribution in [0.2, 0.25) is 0 Å². The van der Waals surface area contributed by atoms with Crippen LogP contribution in [0.15, 0.2) is 25.0 Å². The molecule has 0 aromatic rings. The number of hydrogen-bond donors (Lipinski definition) is 1. The zero-order valence-electron chi connectivity index (χ0n) is 15.7. The van der Waals surface area contributed by atoms with Crippen LogP contribution < -0.4 is 0 Å². The molecule has 0 aliphatic heterocycles. The minimum atomic E-state index is 0.833. The van der Waals surface area contributed by atoms with Gasteiger partial charge in [0.15, 0.2) is 0 Å². The van der Waals surface area contributed by atoms with Crippen LogP contribution >= 0.6 is 28.8 Å². The van der Waals surface area contributed by atoms with Crippen molar-refractivity contribution >= 4 is 28.8 Å². The van der Waals surface area contributed by atoms with Gasteiger partial charge in [0.1, 0.15) is 5.76 Å². The van der Waals surface area contributed by atoms with E-state index < -0.39 is 0 Å². The first kappa shape index (κ1) is 36.9. The van der Waals surface area contributed by atoms with E-state index in [0.29, 0.717) is 0 Å². The Kier molecular flexibility index (Phi) is 113. The molecule has 0 bridgehead atoms. The first-order valence-electron chi connectivity index (χ1n) is 7.31. The summed E-state index contributed by atoms with van der Waals surface area (Å²) in [7, 11) is 0. The van der Waals surface area contributed by atoms with E-state index in [-0.39, 0.29) is 0 Å². The van der Waals surface area contributed by atoms with Crippen molar-refractivity contribution in [1.82, 2.24) is 0 Å². The Hall–Kier alpha value is 0.110. The molecule has 0 aromatic heterocycles. The molecule has 0 saturated carbocycles. The molecule has 0 radical (unpaired) electrons. The van der Waals surface area contributed by atoms with E-state index in [0.717, 1.165) is 18.1 Å². The zero-order valence-corrected chi connectivity index (χ0v) is 18.2. The van der Waals surface area contributed by atoms with Crippen LogP contribution in [0.4, 0.5) is 0 Å². The van der Waals surface area contributed by atoms with Gasteiger partial charge < -0.3 is 4.18 Å². The molecule has 0 unspecified atom stereocenters. The van der Waals surface area contributed by atoms with Gasteiger partial charge in [0, 0.05) is 12.9 Å². The van der Waals surface area contributed by atoms with Crippen molar-refractivity contribution in [3.63, 3.8) is 0 Å². The monoisotopic (exact) mass is 372 g/mol. The van der Waals surface area contributed by atoms with Gasteiger partial charge in [-0.15, -0.1) is 13.2 Å². The summed E-state index contributed by atoms with van der Waals surface area (Å²) in [6.07, 6.45) is 4.22. The first-order valence-corrected chi connectivity index (χ1v) is 9.27. The van der Waals surface area contributed by atoms with Crippen LogP contribution in [0, 0.1) is 5.92 Å². The van der Waals surface area contributed by atoms with Gasteiger partial charge in [-0.05, 0) is 31.2 Å².